The van der Waals surface area contributed by atoms with E-state index in [1.807, 2.05) is 0 Å². The Morgan fingerprint density at radius 1 is 1.00 bits per heavy atom. The number of benzene rings is 1. The van der Waals surface area contributed by atoms with Gasteiger partial charge in [0, 0.05) is 4.90 Å². The van der Waals surface area contributed by atoms with E-state index in [-0.39, 0.29) is 10.8 Å². The van der Waals surface area contributed by atoms with Crippen LogP contribution in [0.2, 0.25) is 0 Å². The second-order valence-electron chi connectivity index (χ2n) is 7.97. The van der Waals surface area contributed by atoms with Gasteiger partial charge in [0.1, 0.15) is 0 Å². The van der Waals surface area contributed by atoms with Gasteiger partial charge in [0.05, 0.1) is 0 Å². The molecule has 0 heterocycles. The minimum Gasteiger partial charge on any atom is -0.143 e. The largest absolute Gasteiger partial charge is 0.143 e. The van der Waals surface area contributed by atoms with E-state index in [2.05, 4.69) is 68.4 Å². The minimum atomic E-state index is 0.129. The summed E-state index contributed by atoms with van der Waals surface area (Å²) in [5.74, 6) is 0.520. The van der Waals surface area contributed by atoms with Crippen LogP contribution in [-0.4, -0.2) is 0 Å². The Bertz CT molecular complexity index is 470. The summed E-state index contributed by atoms with van der Waals surface area (Å²) in [5, 5.41) is 0. The van der Waals surface area contributed by atoms with Crippen LogP contribution in [0.4, 0.5) is 0 Å². The Balaban J connectivity index is 3.64. The Morgan fingerprint density at radius 2 is 1.47 bits per heavy atom. The van der Waals surface area contributed by atoms with Crippen LogP contribution < -0.4 is 0 Å². The van der Waals surface area contributed by atoms with Crippen molar-refractivity contribution in [2.24, 2.45) is 5.41 Å². The fraction of sp³-hybridized carbons (Fsp3) is 0.667. The van der Waals surface area contributed by atoms with Crippen LogP contribution >= 0.6 is 12.6 Å². The van der Waals surface area contributed by atoms with Crippen LogP contribution in [0.25, 0.3) is 0 Å². The zero-order valence-electron chi connectivity index (χ0n) is 14.1. The van der Waals surface area contributed by atoms with Crippen molar-refractivity contribution in [3.63, 3.8) is 0 Å². The van der Waals surface area contributed by atoms with Crippen molar-refractivity contribution in [3.8, 4) is 0 Å². The fourth-order valence-corrected chi connectivity index (χ4v) is 3.16. The molecule has 1 aromatic carbocycles. The maximum atomic E-state index is 4.83. The van der Waals surface area contributed by atoms with Gasteiger partial charge in [0.25, 0.3) is 0 Å². The van der Waals surface area contributed by atoms with Gasteiger partial charge < -0.3 is 0 Å². The van der Waals surface area contributed by atoms with Crippen molar-refractivity contribution in [2.75, 3.05) is 0 Å². The van der Waals surface area contributed by atoms with E-state index in [1.54, 1.807) is 0 Å². The Labute approximate surface area is 125 Å². The molecule has 1 heteroatoms. The van der Waals surface area contributed by atoms with Crippen molar-refractivity contribution in [1.82, 2.24) is 0 Å². The van der Waals surface area contributed by atoms with Crippen LogP contribution in [0.1, 0.15) is 76.6 Å². The van der Waals surface area contributed by atoms with E-state index in [1.165, 1.54) is 27.1 Å². The normalized spacial score (nSPS) is 14.6. The summed E-state index contributed by atoms with van der Waals surface area (Å²) in [6.45, 7) is 20.5. The van der Waals surface area contributed by atoms with E-state index in [0.717, 1.165) is 0 Å². The molecule has 0 aliphatic heterocycles. The van der Waals surface area contributed by atoms with E-state index in [4.69, 9.17) is 12.6 Å². The molecule has 1 rings (SSSR count). The summed E-state index contributed by atoms with van der Waals surface area (Å²) < 4.78 is 0. The zero-order valence-corrected chi connectivity index (χ0v) is 15.0. The van der Waals surface area contributed by atoms with E-state index >= 15 is 0 Å². The van der Waals surface area contributed by atoms with E-state index in [0.29, 0.717) is 5.92 Å². The Morgan fingerprint density at radius 3 is 1.84 bits per heavy atom. The van der Waals surface area contributed by atoms with Crippen LogP contribution in [0.5, 0.6) is 0 Å². The van der Waals surface area contributed by atoms with Crippen molar-refractivity contribution >= 4 is 12.6 Å². The van der Waals surface area contributed by atoms with Crippen molar-refractivity contribution in [2.45, 2.75) is 78.5 Å². The molecular weight excluding hydrogens is 248 g/mol. The molecule has 19 heavy (non-hydrogen) atoms. The molecule has 0 amide bonds. The maximum absolute atomic E-state index is 4.83. The third kappa shape index (κ3) is 3.37. The molecule has 108 valence electrons. The first-order valence-electron chi connectivity index (χ1n) is 7.21. The number of hydrogen-bond donors (Lipinski definition) is 1. The molecule has 0 aliphatic carbocycles. The highest BCUT2D eigenvalue weighted by Gasteiger charge is 2.30. The average molecular weight is 279 g/mol. The lowest BCUT2D eigenvalue weighted by Crippen LogP contribution is -2.23. The molecule has 1 aromatic rings. The summed E-state index contributed by atoms with van der Waals surface area (Å²) in [6, 6.07) is 2.38. The molecule has 0 saturated carbocycles. The third-order valence-electron chi connectivity index (χ3n) is 4.36. The summed E-state index contributed by atoms with van der Waals surface area (Å²) in [4.78, 5) is 1.18. The van der Waals surface area contributed by atoms with E-state index in [9.17, 15) is 0 Å². The van der Waals surface area contributed by atoms with Gasteiger partial charge in [-0.3, -0.25) is 0 Å². The van der Waals surface area contributed by atoms with Crippen molar-refractivity contribution < 1.29 is 0 Å². The summed E-state index contributed by atoms with van der Waals surface area (Å²) >= 11 is 4.83. The van der Waals surface area contributed by atoms with Gasteiger partial charge in [-0.05, 0) is 52.8 Å². The minimum absolute atomic E-state index is 0.129. The Hall–Kier alpha value is -0.430. The fourth-order valence-electron chi connectivity index (χ4n) is 2.52. The van der Waals surface area contributed by atoms with Gasteiger partial charge in [0.15, 0.2) is 0 Å². The van der Waals surface area contributed by atoms with Crippen LogP contribution in [0, 0.1) is 19.3 Å². The average Bonchev–Trinajstić information content (AvgIpc) is 2.20. The molecule has 0 bridgehead atoms. The monoisotopic (exact) mass is 278 g/mol. The summed E-state index contributed by atoms with van der Waals surface area (Å²) in [7, 11) is 0. The first-order chi connectivity index (χ1) is 8.37. The number of aryl methyl sites for hydroxylation is 1. The quantitative estimate of drug-likeness (QED) is 0.595. The highest BCUT2D eigenvalue weighted by atomic mass is 32.1. The maximum Gasteiger partial charge on any atom is 0.0112 e. The predicted molar refractivity (Wildman–Crippen MR) is 89.7 cm³/mol. The zero-order chi connectivity index (χ0) is 15.2. The van der Waals surface area contributed by atoms with Gasteiger partial charge in [-0.2, -0.15) is 0 Å². The molecule has 0 nitrogen and oxygen atoms in total. The van der Waals surface area contributed by atoms with Gasteiger partial charge in [-0.25, -0.2) is 0 Å². The van der Waals surface area contributed by atoms with Crippen molar-refractivity contribution in [1.29, 1.82) is 0 Å². The van der Waals surface area contributed by atoms with Crippen LogP contribution in [-0.2, 0) is 5.41 Å². The summed E-state index contributed by atoms with van der Waals surface area (Å²) in [6.07, 6.45) is 0. The molecular formula is C18H30S. The Kier molecular flexibility index (Phi) is 4.52. The van der Waals surface area contributed by atoms with Gasteiger partial charge in [0.2, 0.25) is 0 Å². The molecule has 0 N–H and O–H groups in total. The van der Waals surface area contributed by atoms with Crippen LogP contribution in [0.15, 0.2) is 11.0 Å². The molecule has 1 atom stereocenters. The van der Waals surface area contributed by atoms with Gasteiger partial charge in [-0.15, -0.1) is 12.6 Å². The number of rotatable bonds is 1. The SMILES string of the molecule is Cc1cc(C(C)C(C)(C)C)c(C(C)(C)C)c(S)c1C. The highest BCUT2D eigenvalue weighted by molar-refractivity contribution is 7.80. The molecule has 0 saturated heterocycles. The first kappa shape index (κ1) is 16.6. The highest BCUT2D eigenvalue weighted by Crippen LogP contribution is 2.43. The second kappa shape index (κ2) is 5.16. The third-order valence-corrected chi connectivity index (χ3v) is 4.92. The lowest BCUT2D eigenvalue weighted by molar-refractivity contribution is 0.334. The molecule has 0 spiro atoms. The standard InChI is InChI=1S/C18H30S/c1-11-10-14(13(3)17(4,5)6)15(18(7,8)9)16(19)12(11)2/h10,13,19H,1-9H3. The topological polar surface area (TPSA) is 0 Å². The molecule has 0 fully saturated rings. The molecule has 0 aliphatic rings. The smallest absolute Gasteiger partial charge is 0.0112 e. The van der Waals surface area contributed by atoms with Crippen molar-refractivity contribution in [3.05, 3.63) is 28.3 Å². The summed E-state index contributed by atoms with van der Waals surface area (Å²) in [5.41, 5.74) is 5.95. The molecule has 0 aromatic heterocycles. The number of hydrogen-bond acceptors (Lipinski definition) is 1. The van der Waals surface area contributed by atoms with Gasteiger partial charge in [-0.1, -0.05) is 54.5 Å². The molecule has 0 radical (unpaired) electrons. The van der Waals surface area contributed by atoms with E-state index < -0.39 is 0 Å². The lowest BCUT2D eigenvalue weighted by Gasteiger charge is -2.35. The van der Waals surface area contributed by atoms with Gasteiger partial charge >= 0.3 is 0 Å². The predicted octanol–water partition coefficient (Wildman–Crippen LogP) is 6.04. The molecule has 1 unspecified atom stereocenters. The first-order valence-corrected chi connectivity index (χ1v) is 7.65. The lowest BCUT2D eigenvalue weighted by atomic mass is 9.71. The second-order valence-corrected chi connectivity index (χ2v) is 8.42. The number of thiol groups is 1. The van der Waals surface area contributed by atoms with Crippen LogP contribution in [0.3, 0.4) is 0 Å².